The molecule has 0 bridgehead atoms. The van der Waals surface area contributed by atoms with Crippen LogP contribution in [0, 0.1) is 0 Å². The predicted molar refractivity (Wildman–Crippen MR) is 72.9 cm³/mol. The molecule has 2 rings (SSSR count). The molecule has 1 heterocycles. The van der Waals surface area contributed by atoms with Crippen molar-refractivity contribution in [1.29, 1.82) is 0 Å². The van der Waals surface area contributed by atoms with Crippen molar-refractivity contribution in [3.63, 3.8) is 0 Å². The van der Waals surface area contributed by atoms with Crippen LogP contribution in [0.25, 0.3) is 11.5 Å². The molecular formula is C12H13ClN2O2S. The largest absolute Gasteiger partial charge is 0.506 e. The molecule has 96 valence electrons. The van der Waals surface area contributed by atoms with Gasteiger partial charge in [0.25, 0.3) is 5.89 Å². The molecule has 0 fully saturated rings. The molecule has 4 nitrogen and oxygen atoms in total. The zero-order valence-electron chi connectivity index (χ0n) is 9.89. The molecule has 0 radical (unpaired) electrons. The van der Waals surface area contributed by atoms with E-state index in [-0.39, 0.29) is 10.8 Å². The van der Waals surface area contributed by atoms with Crippen molar-refractivity contribution in [2.75, 3.05) is 5.75 Å². The summed E-state index contributed by atoms with van der Waals surface area (Å²) in [5.41, 5.74) is 0.706. The van der Waals surface area contributed by atoms with Crippen LogP contribution in [0.3, 0.4) is 0 Å². The highest BCUT2D eigenvalue weighted by atomic mass is 35.5. The van der Waals surface area contributed by atoms with Crippen LogP contribution in [0.5, 0.6) is 5.75 Å². The van der Waals surface area contributed by atoms with E-state index in [9.17, 15) is 5.11 Å². The molecule has 0 aliphatic carbocycles. The van der Waals surface area contributed by atoms with Crippen LogP contribution in [0.4, 0.5) is 0 Å². The van der Waals surface area contributed by atoms with Gasteiger partial charge >= 0.3 is 0 Å². The van der Waals surface area contributed by atoms with Crippen molar-refractivity contribution in [2.45, 2.75) is 19.1 Å². The van der Waals surface area contributed by atoms with Crippen molar-refractivity contribution in [2.24, 2.45) is 0 Å². The highest BCUT2D eigenvalue weighted by Gasteiger charge is 2.10. The Morgan fingerprint density at radius 2 is 2.28 bits per heavy atom. The van der Waals surface area contributed by atoms with Crippen LogP contribution in [0.2, 0.25) is 5.02 Å². The molecule has 0 saturated carbocycles. The molecule has 0 spiro atoms. The molecule has 0 atom stereocenters. The summed E-state index contributed by atoms with van der Waals surface area (Å²) in [6, 6.07) is 4.80. The number of aromatic nitrogens is 2. The van der Waals surface area contributed by atoms with Gasteiger partial charge in [0.15, 0.2) is 5.82 Å². The molecular weight excluding hydrogens is 272 g/mol. The number of hydrogen-bond acceptors (Lipinski definition) is 5. The van der Waals surface area contributed by atoms with Gasteiger partial charge in [0, 0.05) is 5.56 Å². The molecule has 1 aromatic heterocycles. The normalized spacial score (nSPS) is 10.8. The lowest BCUT2D eigenvalue weighted by Crippen LogP contribution is -1.85. The zero-order chi connectivity index (χ0) is 13.0. The first-order valence-electron chi connectivity index (χ1n) is 5.60. The van der Waals surface area contributed by atoms with E-state index < -0.39 is 0 Å². The van der Waals surface area contributed by atoms with Gasteiger partial charge in [-0.2, -0.15) is 16.7 Å². The minimum atomic E-state index is 0.0404. The second kappa shape index (κ2) is 6.11. The molecule has 0 amide bonds. The first-order valence-corrected chi connectivity index (χ1v) is 7.13. The van der Waals surface area contributed by atoms with E-state index >= 15 is 0 Å². The lowest BCUT2D eigenvalue weighted by Gasteiger charge is -1.97. The number of nitrogens with zero attached hydrogens (tertiary/aromatic N) is 2. The summed E-state index contributed by atoms with van der Waals surface area (Å²) < 4.78 is 5.16. The van der Waals surface area contributed by atoms with Crippen molar-refractivity contribution < 1.29 is 9.63 Å². The number of aromatic hydroxyl groups is 1. The fourth-order valence-electron chi connectivity index (χ4n) is 1.38. The zero-order valence-corrected chi connectivity index (χ0v) is 11.5. The van der Waals surface area contributed by atoms with Crippen LogP contribution in [0.15, 0.2) is 22.7 Å². The number of thioether (sulfide) groups is 1. The SMILES string of the molecule is CCCSCc1noc(-c2ccc(O)c(Cl)c2)n1. The summed E-state index contributed by atoms with van der Waals surface area (Å²) in [5.74, 6) is 2.95. The van der Waals surface area contributed by atoms with E-state index in [2.05, 4.69) is 17.1 Å². The molecule has 6 heteroatoms. The Balaban J connectivity index is 2.11. The molecule has 1 aromatic carbocycles. The van der Waals surface area contributed by atoms with Gasteiger partial charge in [0.1, 0.15) is 5.75 Å². The Bertz CT molecular complexity index is 531. The Kier molecular flexibility index (Phi) is 4.49. The lowest BCUT2D eigenvalue weighted by molar-refractivity contribution is 0.425. The maximum Gasteiger partial charge on any atom is 0.258 e. The number of benzene rings is 1. The highest BCUT2D eigenvalue weighted by Crippen LogP contribution is 2.28. The minimum Gasteiger partial charge on any atom is -0.506 e. The summed E-state index contributed by atoms with van der Waals surface area (Å²) in [7, 11) is 0. The van der Waals surface area contributed by atoms with Crippen molar-refractivity contribution in [3.05, 3.63) is 29.0 Å². The minimum absolute atomic E-state index is 0.0404. The van der Waals surface area contributed by atoms with E-state index in [1.165, 1.54) is 6.07 Å². The van der Waals surface area contributed by atoms with Crippen molar-refractivity contribution in [3.8, 4) is 17.2 Å². The van der Waals surface area contributed by atoms with Gasteiger partial charge < -0.3 is 9.63 Å². The summed E-state index contributed by atoms with van der Waals surface area (Å²) >= 11 is 7.60. The van der Waals surface area contributed by atoms with Gasteiger partial charge in [-0.3, -0.25) is 0 Å². The first kappa shape index (κ1) is 13.2. The fraction of sp³-hybridized carbons (Fsp3) is 0.333. The Labute approximate surface area is 114 Å². The van der Waals surface area contributed by atoms with Gasteiger partial charge in [-0.15, -0.1) is 0 Å². The average molecular weight is 285 g/mol. The topological polar surface area (TPSA) is 59.2 Å². The maximum absolute atomic E-state index is 9.34. The Morgan fingerprint density at radius 3 is 3.00 bits per heavy atom. The van der Waals surface area contributed by atoms with E-state index in [4.69, 9.17) is 16.1 Å². The second-order valence-corrected chi connectivity index (χ2v) is 5.25. The molecule has 0 unspecified atom stereocenters. The Morgan fingerprint density at radius 1 is 1.44 bits per heavy atom. The highest BCUT2D eigenvalue weighted by molar-refractivity contribution is 7.98. The first-order chi connectivity index (χ1) is 8.70. The van der Waals surface area contributed by atoms with E-state index in [0.29, 0.717) is 17.3 Å². The number of hydrogen-bond donors (Lipinski definition) is 1. The number of halogens is 1. The van der Waals surface area contributed by atoms with E-state index in [1.807, 2.05) is 0 Å². The van der Waals surface area contributed by atoms with Crippen LogP contribution >= 0.6 is 23.4 Å². The quantitative estimate of drug-likeness (QED) is 0.848. The average Bonchev–Trinajstić information content (AvgIpc) is 2.82. The number of rotatable bonds is 5. The Hall–Kier alpha value is -1.20. The lowest BCUT2D eigenvalue weighted by atomic mass is 10.2. The number of phenolic OH excluding ortho intramolecular Hbond substituents is 1. The molecule has 1 N–H and O–H groups in total. The summed E-state index contributed by atoms with van der Waals surface area (Å²) in [5, 5.41) is 13.5. The van der Waals surface area contributed by atoms with Crippen LogP contribution in [-0.2, 0) is 5.75 Å². The third kappa shape index (κ3) is 3.17. The third-order valence-corrected chi connectivity index (χ3v) is 3.70. The van der Waals surface area contributed by atoms with Crippen LogP contribution < -0.4 is 0 Å². The monoisotopic (exact) mass is 284 g/mol. The van der Waals surface area contributed by atoms with Crippen LogP contribution in [0.1, 0.15) is 19.2 Å². The second-order valence-electron chi connectivity index (χ2n) is 3.73. The van der Waals surface area contributed by atoms with Crippen molar-refractivity contribution in [1.82, 2.24) is 10.1 Å². The third-order valence-electron chi connectivity index (χ3n) is 2.24. The number of phenols is 1. The molecule has 0 saturated heterocycles. The van der Waals surface area contributed by atoms with Gasteiger partial charge in [-0.1, -0.05) is 23.7 Å². The molecule has 2 aromatic rings. The molecule has 0 aliphatic rings. The van der Waals surface area contributed by atoms with Gasteiger partial charge in [0.2, 0.25) is 0 Å². The van der Waals surface area contributed by atoms with E-state index in [0.717, 1.165) is 17.9 Å². The molecule has 18 heavy (non-hydrogen) atoms. The summed E-state index contributed by atoms with van der Waals surface area (Å²) in [6.45, 7) is 2.13. The van der Waals surface area contributed by atoms with Crippen LogP contribution in [-0.4, -0.2) is 21.0 Å². The predicted octanol–water partition coefficient (Wildman–Crippen LogP) is 3.74. The van der Waals surface area contributed by atoms with Gasteiger partial charge in [-0.05, 0) is 30.4 Å². The summed E-state index contributed by atoms with van der Waals surface area (Å²) in [6.07, 6.45) is 1.13. The van der Waals surface area contributed by atoms with Crippen molar-refractivity contribution >= 4 is 23.4 Å². The standard InChI is InChI=1S/C12H13ClN2O2S/c1-2-5-18-7-11-14-12(17-15-11)8-3-4-10(16)9(13)6-8/h3-4,6,16H,2,5,7H2,1H3. The maximum atomic E-state index is 9.34. The van der Waals surface area contributed by atoms with Gasteiger partial charge in [-0.25, -0.2) is 0 Å². The molecule has 0 aliphatic heterocycles. The van der Waals surface area contributed by atoms with E-state index in [1.54, 1.807) is 23.9 Å². The smallest absolute Gasteiger partial charge is 0.258 e. The fourth-order valence-corrected chi connectivity index (χ4v) is 2.29. The summed E-state index contributed by atoms with van der Waals surface area (Å²) in [4.78, 5) is 4.28. The van der Waals surface area contributed by atoms with Gasteiger partial charge in [0.05, 0.1) is 10.8 Å².